The molecule has 1 aliphatic rings. The van der Waals surface area contributed by atoms with Crippen molar-refractivity contribution in [3.63, 3.8) is 0 Å². The Morgan fingerprint density at radius 1 is 1.00 bits per heavy atom. The monoisotopic (exact) mass is 366 g/mol. The minimum absolute atomic E-state index is 0.0275. The first-order valence-corrected chi connectivity index (χ1v) is 9.36. The minimum Gasteiger partial charge on any atom is -0.484 e. The summed E-state index contributed by atoms with van der Waals surface area (Å²) in [6.07, 6.45) is 2.12. The van der Waals surface area contributed by atoms with Gasteiger partial charge in [-0.2, -0.15) is 0 Å². The summed E-state index contributed by atoms with van der Waals surface area (Å²) in [6.45, 7) is 4.84. The summed E-state index contributed by atoms with van der Waals surface area (Å²) in [5.41, 5.74) is 1.40. The maximum Gasteiger partial charge on any atom is 0.257 e. The number of hydrogen-bond donors (Lipinski definition) is 2. The summed E-state index contributed by atoms with van der Waals surface area (Å²) in [4.78, 5) is 24.4. The first-order valence-electron chi connectivity index (χ1n) is 9.36. The average molecular weight is 366 g/mol. The van der Waals surface area contributed by atoms with E-state index >= 15 is 0 Å². The van der Waals surface area contributed by atoms with E-state index in [1.165, 1.54) is 0 Å². The van der Waals surface area contributed by atoms with Crippen molar-refractivity contribution in [3.8, 4) is 5.75 Å². The second kappa shape index (κ2) is 8.82. The Kier molecular flexibility index (Phi) is 6.24. The molecule has 5 heteroatoms. The van der Waals surface area contributed by atoms with Crippen molar-refractivity contribution in [2.75, 3.05) is 26.2 Å². The maximum atomic E-state index is 12.4. The molecule has 142 valence electrons. The van der Waals surface area contributed by atoms with Gasteiger partial charge in [-0.3, -0.25) is 9.59 Å². The van der Waals surface area contributed by atoms with Crippen LogP contribution < -0.4 is 15.4 Å². The zero-order valence-corrected chi connectivity index (χ0v) is 15.7. The third-order valence-corrected chi connectivity index (χ3v) is 5.05. The Hall–Kier alpha value is -2.66. The van der Waals surface area contributed by atoms with Crippen molar-refractivity contribution >= 4 is 11.7 Å². The summed E-state index contributed by atoms with van der Waals surface area (Å²) >= 11 is 0. The number of amides is 1. The Morgan fingerprint density at radius 3 is 2.30 bits per heavy atom. The highest BCUT2D eigenvalue weighted by Crippen LogP contribution is 2.26. The zero-order chi connectivity index (χ0) is 19.1. The summed E-state index contributed by atoms with van der Waals surface area (Å²) in [6, 6.07) is 16.0. The number of ether oxygens (including phenoxy) is 1. The van der Waals surface area contributed by atoms with Crippen molar-refractivity contribution in [2.24, 2.45) is 5.41 Å². The molecule has 1 fully saturated rings. The highest BCUT2D eigenvalue weighted by molar-refractivity contribution is 6.08. The van der Waals surface area contributed by atoms with Crippen LogP contribution in [0.25, 0.3) is 0 Å². The Morgan fingerprint density at radius 2 is 1.63 bits per heavy atom. The van der Waals surface area contributed by atoms with Gasteiger partial charge >= 0.3 is 0 Å². The first kappa shape index (κ1) is 19.1. The van der Waals surface area contributed by atoms with Crippen LogP contribution in [-0.4, -0.2) is 37.9 Å². The van der Waals surface area contributed by atoms with E-state index in [0.29, 0.717) is 23.4 Å². The fourth-order valence-electron chi connectivity index (χ4n) is 3.18. The molecule has 2 N–H and O–H groups in total. The van der Waals surface area contributed by atoms with Gasteiger partial charge in [-0.1, -0.05) is 37.3 Å². The number of nitrogens with one attached hydrogen (secondary N) is 2. The molecule has 0 bridgehead atoms. The predicted molar refractivity (Wildman–Crippen MR) is 105 cm³/mol. The van der Waals surface area contributed by atoms with Crippen LogP contribution in [0.2, 0.25) is 0 Å². The molecule has 0 saturated carbocycles. The van der Waals surface area contributed by atoms with Gasteiger partial charge in [0.2, 0.25) is 0 Å². The van der Waals surface area contributed by atoms with E-state index in [0.717, 1.165) is 25.9 Å². The summed E-state index contributed by atoms with van der Waals surface area (Å²) in [7, 11) is 0. The molecule has 27 heavy (non-hydrogen) atoms. The lowest BCUT2D eigenvalue weighted by atomic mass is 9.81. The summed E-state index contributed by atoms with van der Waals surface area (Å²) in [5.74, 6) is 0.414. The molecule has 0 spiro atoms. The number of piperidine rings is 1. The highest BCUT2D eigenvalue weighted by atomic mass is 16.5. The van der Waals surface area contributed by atoms with Gasteiger partial charge in [-0.15, -0.1) is 0 Å². The van der Waals surface area contributed by atoms with Crippen LogP contribution in [0.5, 0.6) is 5.75 Å². The van der Waals surface area contributed by atoms with Gasteiger partial charge in [0.1, 0.15) is 5.75 Å². The third-order valence-electron chi connectivity index (χ3n) is 5.05. The molecule has 0 aromatic heterocycles. The van der Waals surface area contributed by atoms with Gasteiger partial charge in [0.05, 0.1) is 0 Å². The van der Waals surface area contributed by atoms with E-state index in [-0.39, 0.29) is 23.7 Å². The Labute approximate surface area is 160 Å². The van der Waals surface area contributed by atoms with E-state index in [1.54, 1.807) is 36.4 Å². The lowest BCUT2D eigenvalue weighted by molar-refractivity contribution is -0.123. The molecule has 1 saturated heterocycles. The van der Waals surface area contributed by atoms with Crippen molar-refractivity contribution in [1.29, 1.82) is 0 Å². The fourth-order valence-corrected chi connectivity index (χ4v) is 3.18. The van der Waals surface area contributed by atoms with Gasteiger partial charge in [-0.25, -0.2) is 0 Å². The maximum absolute atomic E-state index is 12.4. The van der Waals surface area contributed by atoms with Gasteiger partial charge < -0.3 is 15.4 Å². The average Bonchev–Trinajstić information content (AvgIpc) is 2.72. The fraction of sp³-hybridized carbons (Fsp3) is 0.364. The molecule has 0 unspecified atom stereocenters. The lowest BCUT2D eigenvalue weighted by Crippen LogP contribution is -2.43. The van der Waals surface area contributed by atoms with E-state index in [1.807, 2.05) is 18.2 Å². The largest absolute Gasteiger partial charge is 0.484 e. The molecule has 3 rings (SSSR count). The van der Waals surface area contributed by atoms with Gasteiger partial charge in [0, 0.05) is 17.7 Å². The normalized spacial score (nSPS) is 15.7. The smallest absolute Gasteiger partial charge is 0.257 e. The lowest BCUT2D eigenvalue weighted by Gasteiger charge is -2.34. The second-order valence-electron chi connectivity index (χ2n) is 7.35. The SMILES string of the molecule is CC1(CNC(=O)COc2ccc(C(=O)c3ccccc3)cc2)CCNCC1. The molecule has 1 amide bonds. The predicted octanol–water partition coefficient (Wildman–Crippen LogP) is 2.80. The van der Waals surface area contributed by atoms with Gasteiger partial charge in [0.25, 0.3) is 5.91 Å². The van der Waals surface area contributed by atoms with Crippen LogP contribution in [0.1, 0.15) is 35.7 Å². The Balaban J connectivity index is 1.47. The van der Waals surface area contributed by atoms with Crippen molar-refractivity contribution in [3.05, 3.63) is 65.7 Å². The third kappa shape index (κ3) is 5.41. The van der Waals surface area contributed by atoms with Crippen molar-refractivity contribution < 1.29 is 14.3 Å². The minimum atomic E-state index is -0.126. The van der Waals surface area contributed by atoms with Gasteiger partial charge in [0.15, 0.2) is 12.4 Å². The molecule has 2 aromatic carbocycles. The van der Waals surface area contributed by atoms with Crippen LogP contribution in [0, 0.1) is 5.41 Å². The van der Waals surface area contributed by atoms with E-state index < -0.39 is 0 Å². The molecule has 0 atom stereocenters. The van der Waals surface area contributed by atoms with E-state index in [2.05, 4.69) is 17.6 Å². The van der Waals surface area contributed by atoms with Crippen molar-refractivity contribution in [2.45, 2.75) is 19.8 Å². The molecule has 1 heterocycles. The first-order chi connectivity index (χ1) is 13.1. The number of carbonyl (C=O) groups is 2. The number of hydrogen-bond acceptors (Lipinski definition) is 4. The van der Waals surface area contributed by atoms with E-state index in [4.69, 9.17) is 4.74 Å². The molecule has 0 aliphatic carbocycles. The Bertz CT molecular complexity index is 766. The zero-order valence-electron chi connectivity index (χ0n) is 15.7. The number of benzene rings is 2. The summed E-state index contributed by atoms with van der Waals surface area (Å²) in [5, 5.41) is 6.30. The van der Waals surface area contributed by atoms with E-state index in [9.17, 15) is 9.59 Å². The van der Waals surface area contributed by atoms with Crippen LogP contribution in [0.4, 0.5) is 0 Å². The van der Waals surface area contributed by atoms with Crippen LogP contribution in [0.3, 0.4) is 0 Å². The quantitative estimate of drug-likeness (QED) is 0.740. The molecule has 1 aliphatic heterocycles. The topological polar surface area (TPSA) is 67.4 Å². The number of rotatable bonds is 7. The number of ketones is 1. The number of carbonyl (C=O) groups excluding carboxylic acids is 2. The van der Waals surface area contributed by atoms with Crippen molar-refractivity contribution in [1.82, 2.24) is 10.6 Å². The molecule has 2 aromatic rings. The van der Waals surface area contributed by atoms with Crippen LogP contribution >= 0.6 is 0 Å². The van der Waals surface area contributed by atoms with Gasteiger partial charge in [-0.05, 0) is 55.6 Å². The van der Waals surface area contributed by atoms with Crippen LogP contribution in [-0.2, 0) is 4.79 Å². The molecule has 0 radical (unpaired) electrons. The standard InChI is InChI=1S/C22H26N2O3/c1-22(11-13-23-14-12-22)16-24-20(25)15-27-19-9-7-18(8-10-19)21(26)17-5-3-2-4-6-17/h2-10,23H,11-16H2,1H3,(H,24,25). The second-order valence-corrected chi connectivity index (χ2v) is 7.35. The highest BCUT2D eigenvalue weighted by Gasteiger charge is 2.26. The molecule has 5 nitrogen and oxygen atoms in total. The van der Waals surface area contributed by atoms with Crippen LogP contribution in [0.15, 0.2) is 54.6 Å². The molecular formula is C22H26N2O3. The molecular weight excluding hydrogens is 340 g/mol. The summed E-state index contributed by atoms with van der Waals surface area (Å²) < 4.78 is 5.55.